The van der Waals surface area contributed by atoms with Crippen LogP contribution in [0.4, 0.5) is 0 Å². The number of fused-ring (bicyclic) bond motifs is 1. The van der Waals surface area contributed by atoms with Crippen molar-refractivity contribution in [1.82, 2.24) is 4.98 Å². The van der Waals surface area contributed by atoms with E-state index in [2.05, 4.69) is 60.6 Å². The number of aromatic nitrogens is 1. The Morgan fingerprint density at radius 3 is 2.42 bits per heavy atom. The third-order valence-corrected chi connectivity index (χ3v) is 4.93. The van der Waals surface area contributed by atoms with Crippen LogP contribution in [-0.2, 0) is 0 Å². The van der Waals surface area contributed by atoms with E-state index < -0.39 is 0 Å². The van der Waals surface area contributed by atoms with Crippen LogP contribution in [0.15, 0.2) is 66.2 Å². The van der Waals surface area contributed by atoms with Crippen LogP contribution in [0.3, 0.4) is 0 Å². The molecule has 0 bridgehead atoms. The molecule has 24 heavy (non-hydrogen) atoms. The van der Waals surface area contributed by atoms with Gasteiger partial charge in [0, 0.05) is 22.5 Å². The van der Waals surface area contributed by atoms with Gasteiger partial charge in [-0.25, -0.2) is 4.98 Å². The van der Waals surface area contributed by atoms with Crippen LogP contribution in [0.1, 0.15) is 11.1 Å². The van der Waals surface area contributed by atoms with E-state index >= 15 is 0 Å². The summed E-state index contributed by atoms with van der Waals surface area (Å²) >= 11 is 1.68. The Labute approximate surface area is 145 Å². The van der Waals surface area contributed by atoms with Crippen LogP contribution >= 0.6 is 11.3 Å². The maximum atomic E-state index is 6.10. The van der Waals surface area contributed by atoms with Gasteiger partial charge in [0.05, 0.1) is 4.70 Å². The molecule has 0 amide bonds. The van der Waals surface area contributed by atoms with Crippen LogP contribution < -0.4 is 4.74 Å². The summed E-state index contributed by atoms with van der Waals surface area (Å²) in [5.74, 6) is 1.51. The van der Waals surface area contributed by atoms with Gasteiger partial charge in [-0.3, -0.25) is 0 Å². The Kier molecular flexibility index (Phi) is 3.79. The molecule has 0 atom stereocenters. The number of hydrogen-bond acceptors (Lipinski definition) is 3. The number of pyridine rings is 1. The first-order valence-corrected chi connectivity index (χ1v) is 8.76. The molecule has 0 aliphatic rings. The predicted octanol–water partition coefficient (Wildman–Crippen LogP) is 6.37. The predicted molar refractivity (Wildman–Crippen MR) is 101 cm³/mol. The van der Waals surface area contributed by atoms with Crippen LogP contribution in [0, 0.1) is 13.8 Å². The van der Waals surface area contributed by atoms with Crippen molar-refractivity contribution < 1.29 is 4.74 Å². The lowest BCUT2D eigenvalue weighted by atomic mass is 10.1. The Balaban J connectivity index is 1.79. The zero-order valence-corrected chi connectivity index (χ0v) is 14.4. The quantitative estimate of drug-likeness (QED) is 0.435. The van der Waals surface area contributed by atoms with Gasteiger partial charge in [-0.1, -0.05) is 36.4 Å². The molecule has 0 spiro atoms. The summed E-state index contributed by atoms with van der Waals surface area (Å²) in [6.45, 7) is 4.15. The lowest BCUT2D eigenvalue weighted by molar-refractivity contribution is 0.469. The van der Waals surface area contributed by atoms with Gasteiger partial charge in [-0.15, -0.1) is 11.3 Å². The summed E-state index contributed by atoms with van der Waals surface area (Å²) in [6.07, 6.45) is 1.82. The smallest absolute Gasteiger partial charge is 0.237 e. The highest BCUT2D eigenvalue weighted by Crippen LogP contribution is 2.39. The summed E-state index contributed by atoms with van der Waals surface area (Å²) < 4.78 is 7.18. The Hall–Kier alpha value is -2.65. The van der Waals surface area contributed by atoms with Crippen LogP contribution in [0.2, 0.25) is 0 Å². The van der Waals surface area contributed by atoms with E-state index in [1.165, 1.54) is 27.6 Å². The zero-order chi connectivity index (χ0) is 16.5. The number of aryl methyl sites for hydroxylation is 2. The molecule has 2 nitrogen and oxygen atoms in total. The molecular weight excluding hydrogens is 314 g/mol. The van der Waals surface area contributed by atoms with Gasteiger partial charge in [0.1, 0.15) is 5.75 Å². The van der Waals surface area contributed by atoms with Gasteiger partial charge in [0.2, 0.25) is 5.88 Å². The highest BCUT2D eigenvalue weighted by molar-refractivity contribution is 7.18. The molecule has 2 heterocycles. The van der Waals surface area contributed by atoms with Gasteiger partial charge in [0.15, 0.2) is 0 Å². The fourth-order valence-corrected chi connectivity index (χ4v) is 3.95. The minimum absolute atomic E-state index is 0.671. The number of rotatable bonds is 3. The third-order valence-electron chi connectivity index (χ3n) is 3.95. The largest absolute Gasteiger partial charge is 0.438 e. The summed E-state index contributed by atoms with van der Waals surface area (Å²) in [5, 5.41) is 3.36. The highest BCUT2D eigenvalue weighted by Gasteiger charge is 2.12. The lowest BCUT2D eigenvalue weighted by Crippen LogP contribution is -1.89. The van der Waals surface area contributed by atoms with Crippen LogP contribution in [0.25, 0.3) is 21.2 Å². The molecule has 0 radical (unpaired) electrons. The maximum Gasteiger partial charge on any atom is 0.237 e. The van der Waals surface area contributed by atoms with Gasteiger partial charge in [-0.2, -0.15) is 0 Å². The molecule has 0 aliphatic carbocycles. The molecule has 118 valence electrons. The first-order chi connectivity index (χ1) is 11.7. The van der Waals surface area contributed by atoms with E-state index in [1.54, 1.807) is 11.3 Å². The van der Waals surface area contributed by atoms with Gasteiger partial charge in [-0.05, 0) is 48.7 Å². The average molecular weight is 331 g/mol. The van der Waals surface area contributed by atoms with Crippen molar-refractivity contribution in [2.24, 2.45) is 0 Å². The Morgan fingerprint density at radius 1 is 0.917 bits per heavy atom. The van der Waals surface area contributed by atoms with Crippen molar-refractivity contribution in [1.29, 1.82) is 0 Å². The molecule has 3 heteroatoms. The molecule has 4 rings (SSSR count). The molecule has 0 aliphatic heterocycles. The monoisotopic (exact) mass is 331 g/mol. The standard InChI is InChI=1S/C21H17NOS/c1-14-10-15(2)12-17(11-14)23-21-20-18(8-9-22-21)19(13-24-20)16-6-4-3-5-7-16/h3-13H,1-2H3. The Morgan fingerprint density at radius 2 is 1.67 bits per heavy atom. The number of ether oxygens (including phenoxy) is 1. The summed E-state index contributed by atoms with van der Waals surface area (Å²) in [7, 11) is 0. The number of hydrogen-bond donors (Lipinski definition) is 0. The SMILES string of the molecule is Cc1cc(C)cc(Oc2nccc3c(-c4ccccc4)csc23)c1. The molecule has 4 aromatic rings. The van der Waals surface area contributed by atoms with Gasteiger partial charge < -0.3 is 4.74 Å². The van der Waals surface area contributed by atoms with Crippen molar-refractivity contribution in [3.63, 3.8) is 0 Å². The highest BCUT2D eigenvalue weighted by atomic mass is 32.1. The molecule has 0 saturated carbocycles. The van der Waals surface area contributed by atoms with E-state index in [9.17, 15) is 0 Å². The van der Waals surface area contributed by atoms with Crippen molar-refractivity contribution in [2.45, 2.75) is 13.8 Å². The third kappa shape index (κ3) is 2.79. The van der Waals surface area contributed by atoms with Crippen molar-refractivity contribution in [2.75, 3.05) is 0 Å². The zero-order valence-electron chi connectivity index (χ0n) is 13.6. The van der Waals surface area contributed by atoms with Crippen LogP contribution in [0.5, 0.6) is 11.6 Å². The topological polar surface area (TPSA) is 22.1 Å². The summed E-state index contributed by atoms with van der Waals surface area (Å²) in [6, 6.07) is 18.7. The number of nitrogens with zero attached hydrogens (tertiary/aromatic N) is 1. The normalized spacial score (nSPS) is 10.9. The molecule has 0 unspecified atom stereocenters. The van der Waals surface area contributed by atoms with E-state index in [1.807, 2.05) is 24.4 Å². The first-order valence-electron chi connectivity index (χ1n) is 7.88. The van der Waals surface area contributed by atoms with E-state index in [0.717, 1.165) is 10.4 Å². The lowest BCUT2D eigenvalue weighted by Gasteiger charge is -2.08. The summed E-state index contributed by atoms with van der Waals surface area (Å²) in [5.41, 5.74) is 4.82. The second-order valence-corrected chi connectivity index (χ2v) is 6.81. The maximum absolute atomic E-state index is 6.10. The summed E-state index contributed by atoms with van der Waals surface area (Å²) in [4.78, 5) is 4.46. The second kappa shape index (κ2) is 6.10. The minimum Gasteiger partial charge on any atom is -0.438 e. The molecule has 0 N–H and O–H groups in total. The molecule has 2 aromatic carbocycles. The fraction of sp³-hybridized carbons (Fsp3) is 0.0952. The van der Waals surface area contributed by atoms with E-state index in [-0.39, 0.29) is 0 Å². The number of benzene rings is 2. The Bertz CT molecular complexity index is 985. The molecule has 0 fully saturated rings. The van der Waals surface area contributed by atoms with Crippen molar-refractivity contribution in [3.8, 4) is 22.8 Å². The van der Waals surface area contributed by atoms with E-state index in [0.29, 0.717) is 5.88 Å². The van der Waals surface area contributed by atoms with Gasteiger partial charge in [0.25, 0.3) is 0 Å². The second-order valence-electron chi connectivity index (χ2n) is 5.93. The fourth-order valence-electron chi connectivity index (χ4n) is 2.95. The molecular formula is C21H17NOS. The first kappa shape index (κ1) is 14.9. The van der Waals surface area contributed by atoms with Crippen LogP contribution in [-0.4, -0.2) is 4.98 Å². The molecule has 2 aromatic heterocycles. The molecule has 0 saturated heterocycles. The van der Waals surface area contributed by atoms with Crippen molar-refractivity contribution >= 4 is 21.4 Å². The average Bonchev–Trinajstić information content (AvgIpc) is 3.00. The number of thiophene rings is 1. The van der Waals surface area contributed by atoms with Crippen molar-refractivity contribution in [3.05, 3.63) is 77.3 Å². The van der Waals surface area contributed by atoms with E-state index in [4.69, 9.17) is 4.74 Å². The minimum atomic E-state index is 0.671. The van der Waals surface area contributed by atoms with Gasteiger partial charge >= 0.3 is 0 Å².